The lowest BCUT2D eigenvalue weighted by Crippen LogP contribution is -2.02. The molecule has 1 aromatic carbocycles. The summed E-state index contributed by atoms with van der Waals surface area (Å²) >= 11 is 3.20. The van der Waals surface area contributed by atoms with Crippen molar-refractivity contribution in [3.8, 4) is 5.75 Å². The van der Waals surface area contributed by atoms with Gasteiger partial charge in [0, 0.05) is 17.5 Å². The van der Waals surface area contributed by atoms with Gasteiger partial charge < -0.3 is 9.47 Å². The number of carbonyl (C=O) groups is 1. The summed E-state index contributed by atoms with van der Waals surface area (Å²) in [6.07, 6.45) is 3.47. The Morgan fingerprint density at radius 1 is 1.24 bits per heavy atom. The number of halogens is 1. The van der Waals surface area contributed by atoms with Crippen LogP contribution < -0.4 is 4.74 Å². The van der Waals surface area contributed by atoms with E-state index in [9.17, 15) is 14.9 Å². The van der Waals surface area contributed by atoms with Crippen molar-refractivity contribution in [1.82, 2.24) is 0 Å². The minimum atomic E-state index is -0.459. The molecule has 0 bridgehead atoms. The molecule has 116 valence electrons. The number of nitro groups is 1. The van der Waals surface area contributed by atoms with E-state index in [1.807, 2.05) is 0 Å². The molecule has 0 aliphatic heterocycles. The van der Waals surface area contributed by atoms with Crippen LogP contribution in [0.4, 0.5) is 5.69 Å². The van der Waals surface area contributed by atoms with Crippen LogP contribution in [-0.2, 0) is 9.53 Å². The summed E-state index contributed by atoms with van der Waals surface area (Å²) in [5.41, 5.74) is -0.0424. The highest BCUT2D eigenvalue weighted by atomic mass is 79.9. The second kappa shape index (κ2) is 9.33. The Morgan fingerprint density at radius 2 is 1.90 bits per heavy atom. The van der Waals surface area contributed by atoms with Crippen LogP contribution in [-0.4, -0.2) is 24.1 Å². The molecular formula is C14H18BrNO5. The Labute approximate surface area is 131 Å². The molecule has 6 nitrogen and oxygen atoms in total. The van der Waals surface area contributed by atoms with Crippen LogP contribution in [0.3, 0.4) is 0 Å². The number of ether oxygens (including phenoxy) is 2. The fourth-order valence-electron chi connectivity index (χ4n) is 1.71. The standard InChI is InChI=1S/C14H18BrNO5/c1-11(17)20-8-4-2-3-5-9-21-14-7-6-12(15)10-13(14)16(18)19/h6-7,10H,2-5,8-9H2,1H3. The van der Waals surface area contributed by atoms with Gasteiger partial charge in [0.2, 0.25) is 0 Å². The number of benzene rings is 1. The van der Waals surface area contributed by atoms with Gasteiger partial charge >= 0.3 is 11.7 Å². The summed E-state index contributed by atoms with van der Waals surface area (Å²) in [6.45, 7) is 2.25. The van der Waals surface area contributed by atoms with Gasteiger partial charge in [0.15, 0.2) is 5.75 Å². The molecule has 7 heteroatoms. The summed E-state index contributed by atoms with van der Waals surface area (Å²) in [7, 11) is 0. The van der Waals surface area contributed by atoms with E-state index < -0.39 is 4.92 Å². The molecule has 0 radical (unpaired) electrons. The number of nitrogens with zero attached hydrogens (tertiary/aromatic N) is 1. The lowest BCUT2D eigenvalue weighted by molar-refractivity contribution is -0.385. The third-order valence-electron chi connectivity index (χ3n) is 2.72. The zero-order valence-corrected chi connectivity index (χ0v) is 13.4. The van der Waals surface area contributed by atoms with Gasteiger partial charge in [0.1, 0.15) is 0 Å². The summed E-state index contributed by atoms with van der Waals surface area (Å²) < 4.78 is 10.9. The number of esters is 1. The van der Waals surface area contributed by atoms with Crippen molar-refractivity contribution in [1.29, 1.82) is 0 Å². The average Bonchev–Trinajstić information content (AvgIpc) is 2.42. The summed E-state index contributed by atoms with van der Waals surface area (Å²) in [5.74, 6) is 0.0176. The van der Waals surface area contributed by atoms with Crippen molar-refractivity contribution in [2.45, 2.75) is 32.6 Å². The highest BCUT2D eigenvalue weighted by Gasteiger charge is 2.15. The maximum atomic E-state index is 10.9. The quantitative estimate of drug-likeness (QED) is 0.289. The molecule has 0 heterocycles. The molecule has 0 aromatic heterocycles. The van der Waals surface area contributed by atoms with Crippen LogP contribution in [0.2, 0.25) is 0 Å². The fourth-order valence-corrected chi connectivity index (χ4v) is 2.06. The number of hydrogen-bond acceptors (Lipinski definition) is 5. The molecule has 0 saturated carbocycles. The van der Waals surface area contributed by atoms with E-state index in [1.54, 1.807) is 12.1 Å². The van der Waals surface area contributed by atoms with Gasteiger partial charge in [-0.25, -0.2) is 0 Å². The average molecular weight is 360 g/mol. The SMILES string of the molecule is CC(=O)OCCCCCCOc1ccc(Br)cc1[N+](=O)[O-]. The zero-order chi connectivity index (χ0) is 15.7. The minimum absolute atomic E-state index is 0.0424. The van der Waals surface area contributed by atoms with Crippen LogP contribution in [0.25, 0.3) is 0 Å². The first kappa shape index (κ1) is 17.4. The second-order valence-electron chi connectivity index (χ2n) is 4.47. The monoisotopic (exact) mass is 359 g/mol. The van der Waals surface area contributed by atoms with Crippen LogP contribution in [0.15, 0.2) is 22.7 Å². The number of unbranched alkanes of at least 4 members (excludes halogenated alkanes) is 3. The molecular weight excluding hydrogens is 342 g/mol. The molecule has 0 spiro atoms. The van der Waals surface area contributed by atoms with Gasteiger partial charge in [0.25, 0.3) is 0 Å². The van der Waals surface area contributed by atoms with Crippen molar-refractivity contribution < 1.29 is 19.2 Å². The number of rotatable bonds is 9. The van der Waals surface area contributed by atoms with Crippen LogP contribution >= 0.6 is 15.9 Å². The third kappa shape index (κ3) is 7.08. The number of nitro benzene ring substituents is 1. The largest absolute Gasteiger partial charge is 0.487 e. The van der Waals surface area contributed by atoms with Crippen molar-refractivity contribution >= 4 is 27.6 Å². The molecule has 0 aliphatic carbocycles. The maximum Gasteiger partial charge on any atom is 0.312 e. The first-order valence-corrected chi connectivity index (χ1v) is 7.50. The predicted octanol–water partition coefficient (Wildman–Crippen LogP) is 3.86. The first-order chi connectivity index (χ1) is 10.0. The lowest BCUT2D eigenvalue weighted by Gasteiger charge is -2.07. The van der Waals surface area contributed by atoms with Gasteiger partial charge in [-0.2, -0.15) is 0 Å². The smallest absolute Gasteiger partial charge is 0.312 e. The van der Waals surface area contributed by atoms with Crippen molar-refractivity contribution in [3.63, 3.8) is 0 Å². The van der Waals surface area contributed by atoms with Crippen LogP contribution in [0, 0.1) is 10.1 Å². The molecule has 21 heavy (non-hydrogen) atoms. The highest BCUT2D eigenvalue weighted by Crippen LogP contribution is 2.30. The molecule has 0 unspecified atom stereocenters. The molecule has 0 atom stereocenters. The Kier molecular flexibility index (Phi) is 7.74. The normalized spacial score (nSPS) is 10.2. The van der Waals surface area contributed by atoms with Gasteiger partial charge in [-0.1, -0.05) is 15.9 Å². The fraction of sp³-hybridized carbons (Fsp3) is 0.500. The molecule has 0 amide bonds. The molecule has 0 fully saturated rings. The molecule has 1 aromatic rings. The van der Waals surface area contributed by atoms with Gasteiger partial charge in [-0.05, 0) is 37.8 Å². The zero-order valence-electron chi connectivity index (χ0n) is 11.8. The Balaban J connectivity index is 2.24. The topological polar surface area (TPSA) is 78.7 Å². The van der Waals surface area contributed by atoms with Crippen molar-refractivity contribution in [2.75, 3.05) is 13.2 Å². The highest BCUT2D eigenvalue weighted by molar-refractivity contribution is 9.10. The first-order valence-electron chi connectivity index (χ1n) is 6.71. The van der Waals surface area contributed by atoms with Gasteiger partial charge in [-0.15, -0.1) is 0 Å². The van der Waals surface area contributed by atoms with E-state index in [-0.39, 0.29) is 17.4 Å². The van der Waals surface area contributed by atoms with Crippen molar-refractivity contribution in [3.05, 3.63) is 32.8 Å². The van der Waals surface area contributed by atoms with E-state index in [0.717, 1.165) is 25.7 Å². The number of hydrogen-bond donors (Lipinski definition) is 0. The lowest BCUT2D eigenvalue weighted by atomic mass is 10.2. The molecule has 0 saturated heterocycles. The third-order valence-corrected chi connectivity index (χ3v) is 3.21. The van der Waals surface area contributed by atoms with Crippen molar-refractivity contribution in [2.24, 2.45) is 0 Å². The Bertz CT molecular complexity index is 492. The Morgan fingerprint density at radius 3 is 2.52 bits per heavy atom. The summed E-state index contributed by atoms with van der Waals surface area (Å²) in [6, 6.07) is 4.72. The second-order valence-corrected chi connectivity index (χ2v) is 5.39. The van der Waals surface area contributed by atoms with E-state index in [0.29, 0.717) is 17.7 Å². The summed E-state index contributed by atoms with van der Waals surface area (Å²) in [4.78, 5) is 21.0. The minimum Gasteiger partial charge on any atom is -0.487 e. The molecule has 0 aliphatic rings. The van der Waals surface area contributed by atoms with E-state index in [1.165, 1.54) is 13.0 Å². The predicted molar refractivity (Wildman–Crippen MR) is 81.4 cm³/mol. The van der Waals surface area contributed by atoms with E-state index in [2.05, 4.69) is 15.9 Å². The number of carbonyl (C=O) groups excluding carboxylic acids is 1. The van der Waals surface area contributed by atoms with Crippen LogP contribution in [0.1, 0.15) is 32.6 Å². The van der Waals surface area contributed by atoms with E-state index in [4.69, 9.17) is 9.47 Å². The molecule has 0 N–H and O–H groups in total. The van der Waals surface area contributed by atoms with Gasteiger partial charge in [-0.3, -0.25) is 14.9 Å². The maximum absolute atomic E-state index is 10.9. The van der Waals surface area contributed by atoms with Crippen LogP contribution in [0.5, 0.6) is 5.75 Å². The summed E-state index contributed by atoms with van der Waals surface area (Å²) in [5, 5.41) is 10.9. The Hall–Kier alpha value is -1.63. The molecule has 1 rings (SSSR count). The van der Waals surface area contributed by atoms with Gasteiger partial charge in [0.05, 0.1) is 18.1 Å². The van der Waals surface area contributed by atoms with E-state index >= 15 is 0 Å².